The minimum Gasteiger partial charge on any atom is -0.351 e. The van der Waals surface area contributed by atoms with Crippen LogP contribution in [-0.4, -0.2) is 21.4 Å². The smallest absolute Gasteiger partial charge is 0.249 e. The molecule has 0 bridgehead atoms. The highest BCUT2D eigenvalue weighted by atomic mass is 32.2. The number of nitrogens with one attached hydrogen (secondary N) is 2. The van der Waals surface area contributed by atoms with Gasteiger partial charge in [0.1, 0.15) is 4.21 Å². The molecule has 0 radical (unpaired) electrons. The lowest BCUT2D eigenvalue weighted by atomic mass is 9.86. The highest BCUT2D eigenvalue weighted by Gasteiger charge is 2.16. The zero-order valence-electron chi connectivity index (χ0n) is 12.9. The molecule has 0 saturated heterocycles. The van der Waals surface area contributed by atoms with E-state index >= 15 is 0 Å². The Bertz CT molecular complexity index is 590. The van der Waals surface area contributed by atoms with E-state index in [1.807, 2.05) is 0 Å². The molecule has 0 unspecified atom stereocenters. The van der Waals surface area contributed by atoms with Crippen molar-refractivity contribution in [3.8, 4) is 0 Å². The van der Waals surface area contributed by atoms with Crippen LogP contribution in [-0.2, 0) is 21.4 Å². The molecular weight excluding hydrogens is 320 g/mol. The first kappa shape index (κ1) is 17.4. The first-order valence-electron chi connectivity index (χ1n) is 7.80. The van der Waals surface area contributed by atoms with Crippen molar-refractivity contribution in [2.45, 2.75) is 55.7 Å². The van der Waals surface area contributed by atoms with Crippen LogP contribution >= 0.6 is 11.3 Å². The standard InChI is InChI=1S/C15H24N2O3S2/c1-16-22(19,20)15-10-8-13(21-15)11-17-14(18)9-7-12-5-3-2-4-6-12/h8,10,12,16H,2-7,9,11H2,1H3,(H,17,18). The van der Waals surface area contributed by atoms with Gasteiger partial charge in [-0.1, -0.05) is 32.1 Å². The summed E-state index contributed by atoms with van der Waals surface area (Å²) in [5.41, 5.74) is 0. The van der Waals surface area contributed by atoms with Crippen LogP contribution in [0.3, 0.4) is 0 Å². The summed E-state index contributed by atoms with van der Waals surface area (Å²) in [6.45, 7) is 0.396. The van der Waals surface area contributed by atoms with Gasteiger partial charge in [0.2, 0.25) is 15.9 Å². The fourth-order valence-corrected chi connectivity index (χ4v) is 4.92. The average Bonchev–Trinajstić information content (AvgIpc) is 3.02. The number of carbonyl (C=O) groups is 1. The van der Waals surface area contributed by atoms with E-state index in [1.165, 1.54) is 50.5 Å². The second-order valence-corrected chi connectivity index (χ2v) is 9.03. The van der Waals surface area contributed by atoms with Gasteiger partial charge in [-0.25, -0.2) is 13.1 Å². The van der Waals surface area contributed by atoms with Crippen molar-refractivity contribution in [3.63, 3.8) is 0 Å². The van der Waals surface area contributed by atoms with Crippen molar-refractivity contribution >= 4 is 27.3 Å². The zero-order chi connectivity index (χ0) is 16.0. The molecule has 0 aliphatic heterocycles. The monoisotopic (exact) mass is 344 g/mol. The number of hydrogen-bond acceptors (Lipinski definition) is 4. The third-order valence-corrected chi connectivity index (χ3v) is 7.13. The molecule has 7 heteroatoms. The van der Waals surface area contributed by atoms with Crippen molar-refractivity contribution in [2.75, 3.05) is 7.05 Å². The molecule has 1 heterocycles. The van der Waals surface area contributed by atoms with Gasteiger partial charge >= 0.3 is 0 Å². The Balaban J connectivity index is 1.74. The fraction of sp³-hybridized carbons (Fsp3) is 0.667. The van der Waals surface area contributed by atoms with Gasteiger partial charge in [0.15, 0.2) is 0 Å². The molecule has 22 heavy (non-hydrogen) atoms. The van der Waals surface area contributed by atoms with E-state index in [4.69, 9.17) is 0 Å². The fourth-order valence-electron chi connectivity index (χ4n) is 2.78. The number of carbonyl (C=O) groups excluding carboxylic acids is 1. The van der Waals surface area contributed by atoms with Gasteiger partial charge in [0.05, 0.1) is 6.54 Å². The van der Waals surface area contributed by atoms with Crippen molar-refractivity contribution in [1.29, 1.82) is 0 Å². The minimum absolute atomic E-state index is 0.0528. The molecule has 0 aromatic carbocycles. The van der Waals surface area contributed by atoms with Crippen molar-refractivity contribution in [3.05, 3.63) is 17.0 Å². The molecule has 1 fully saturated rings. The first-order chi connectivity index (χ1) is 10.5. The molecule has 1 aromatic heterocycles. The van der Waals surface area contributed by atoms with Crippen LogP contribution in [0.25, 0.3) is 0 Å². The van der Waals surface area contributed by atoms with E-state index in [-0.39, 0.29) is 10.1 Å². The molecule has 1 saturated carbocycles. The minimum atomic E-state index is -3.38. The highest BCUT2D eigenvalue weighted by Crippen LogP contribution is 2.27. The van der Waals surface area contributed by atoms with Gasteiger partial charge in [0.25, 0.3) is 0 Å². The third-order valence-electron chi connectivity index (χ3n) is 4.13. The lowest BCUT2D eigenvalue weighted by molar-refractivity contribution is -0.121. The maximum absolute atomic E-state index is 11.9. The molecule has 0 atom stereocenters. The maximum atomic E-state index is 11.9. The van der Waals surface area contributed by atoms with Crippen LogP contribution in [0.2, 0.25) is 0 Å². The van der Waals surface area contributed by atoms with Crippen molar-refractivity contribution < 1.29 is 13.2 Å². The van der Waals surface area contributed by atoms with Gasteiger partial charge in [-0.05, 0) is 31.5 Å². The van der Waals surface area contributed by atoms with Crippen LogP contribution in [0.1, 0.15) is 49.8 Å². The SMILES string of the molecule is CNS(=O)(=O)c1ccc(CNC(=O)CCC2CCCCC2)s1. The second kappa shape index (κ2) is 8.08. The van der Waals surface area contributed by atoms with Gasteiger partial charge in [-0.3, -0.25) is 4.79 Å². The Morgan fingerprint density at radius 1 is 1.27 bits per heavy atom. The quantitative estimate of drug-likeness (QED) is 0.798. The van der Waals surface area contributed by atoms with Crippen molar-refractivity contribution in [1.82, 2.24) is 10.0 Å². The molecule has 0 spiro atoms. The summed E-state index contributed by atoms with van der Waals surface area (Å²) < 4.78 is 25.9. The topological polar surface area (TPSA) is 75.3 Å². The Labute approximate surface area is 136 Å². The van der Waals surface area contributed by atoms with E-state index < -0.39 is 10.0 Å². The van der Waals surface area contributed by atoms with Gasteiger partial charge in [-0.2, -0.15) is 0 Å². The summed E-state index contributed by atoms with van der Waals surface area (Å²) >= 11 is 1.19. The average molecular weight is 345 g/mol. The lowest BCUT2D eigenvalue weighted by Gasteiger charge is -2.20. The molecule has 124 valence electrons. The van der Waals surface area contributed by atoms with Crippen LogP contribution in [0, 0.1) is 5.92 Å². The Morgan fingerprint density at radius 3 is 2.68 bits per heavy atom. The molecule has 1 amide bonds. The summed E-state index contributed by atoms with van der Waals surface area (Å²) in [4.78, 5) is 12.7. The molecule has 1 aliphatic rings. The van der Waals surface area contributed by atoms with E-state index in [1.54, 1.807) is 12.1 Å². The highest BCUT2D eigenvalue weighted by molar-refractivity contribution is 7.91. The van der Waals surface area contributed by atoms with Gasteiger partial charge < -0.3 is 5.32 Å². The number of sulfonamides is 1. The lowest BCUT2D eigenvalue weighted by Crippen LogP contribution is -2.23. The van der Waals surface area contributed by atoms with Crippen LogP contribution in [0.4, 0.5) is 0 Å². The van der Waals surface area contributed by atoms with Gasteiger partial charge in [0, 0.05) is 11.3 Å². The molecule has 5 nitrogen and oxygen atoms in total. The summed E-state index contributed by atoms with van der Waals surface area (Å²) in [7, 11) is -1.99. The summed E-state index contributed by atoms with van der Waals surface area (Å²) in [6, 6.07) is 3.32. The van der Waals surface area contributed by atoms with Crippen LogP contribution in [0.15, 0.2) is 16.3 Å². The van der Waals surface area contributed by atoms with Crippen molar-refractivity contribution in [2.24, 2.45) is 5.92 Å². The van der Waals surface area contributed by atoms with Gasteiger partial charge in [-0.15, -0.1) is 11.3 Å². The summed E-state index contributed by atoms with van der Waals surface area (Å²) in [6.07, 6.45) is 7.97. The molecular formula is C15H24N2O3S2. The summed E-state index contributed by atoms with van der Waals surface area (Å²) in [5.74, 6) is 0.755. The van der Waals surface area contributed by atoms with E-state index in [2.05, 4.69) is 10.0 Å². The zero-order valence-corrected chi connectivity index (χ0v) is 14.6. The first-order valence-corrected chi connectivity index (χ1v) is 10.1. The molecule has 1 aromatic rings. The predicted molar refractivity (Wildman–Crippen MR) is 88.2 cm³/mol. The van der Waals surface area contributed by atoms with E-state index in [0.717, 1.165) is 11.3 Å². The Kier molecular flexibility index (Phi) is 6.40. The predicted octanol–water partition coefficient (Wildman–Crippen LogP) is 2.63. The number of thiophene rings is 1. The molecule has 2 rings (SSSR count). The summed E-state index contributed by atoms with van der Waals surface area (Å²) in [5, 5.41) is 2.88. The number of hydrogen-bond donors (Lipinski definition) is 2. The van der Waals surface area contributed by atoms with Crippen LogP contribution < -0.4 is 10.0 Å². The molecule has 1 aliphatic carbocycles. The molecule has 2 N–H and O–H groups in total. The Morgan fingerprint density at radius 2 is 2.00 bits per heavy atom. The van der Waals surface area contributed by atoms with E-state index in [0.29, 0.717) is 18.9 Å². The largest absolute Gasteiger partial charge is 0.351 e. The third kappa shape index (κ3) is 5.07. The van der Waals surface area contributed by atoms with E-state index in [9.17, 15) is 13.2 Å². The maximum Gasteiger partial charge on any atom is 0.249 e. The Hall–Kier alpha value is -0.920. The normalized spacial score (nSPS) is 16.6. The number of amides is 1. The second-order valence-electron chi connectivity index (χ2n) is 5.75. The van der Waals surface area contributed by atoms with Crippen LogP contribution in [0.5, 0.6) is 0 Å². The number of rotatable bonds is 7.